The largest absolute Gasteiger partial charge is 0.376 e. The predicted molar refractivity (Wildman–Crippen MR) is 122 cm³/mol. The number of hydrogen-bond acceptors (Lipinski definition) is 3. The molecule has 0 spiro atoms. The molecule has 0 radical (unpaired) electrons. The highest BCUT2D eigenvalue weighted by Gasteiger charge is 2.20. The molecule has 2 aliphatic carbocycles. The van der Waals surface area contributed by atoms with Crippen LogP contribution in [0.5, 0.6) is 0 Å². The summed E-state index contributed by atoms with van der Waals surface area (Å²) in [6.07, 6.45) is 13.9. The summed E-state index contributed by atoms with van der Waals surface area (Å²) < 4.78 is 5.98. The summed E-state index contributed by atoms with van der Waals surface area (Å²) >= 11 is 0. The lowest BCUT2D eigenvalue weighted by molar-refractivity contribution is -0.125. The third-order valence-electron chi connectivity index (χ3n) is 5.47. The molecular weight excluding hydrogens is 455 g/mol. The highest BCUT2D eigenvalue weighted by Crippen LogP contribution is 2.23. The van der Waals surface area contributed by atoms with Gasteiger partial charge in [0.25, 0.3) is 0 Å². The number of carbonyl (C=O) groups is 1. The summed E-state index contributed by atoms with van der Waals surface area (Å²) in [4.78, 5) is 16.3. The molecule has 0 aromatic heterocycles. The topological polar surface area (TPSA) is 74.8 Å². The summed E-state index contributed by atoms with van der Waals surface area (Å²) in [5.74, 6) is 1.20. The molecule has 0 atom stereocenters. The maximum atomic E-state index is 12.1. The van der Waals surface area contributed by atoms with Crippen molar-refractivity contribution in [1.82, 2.24) is 16.0 Å². The van der Waals surface area contributed by atoms with E-state index < -0.39 is 0 Å². The zero-order chi connectivity index (χ0) is 18.5. The number of aliphatic imine (C=N–C) groups is 1. The van der Waals surface area contributed by atoms with E-state index in [1.165, 1.54) is 57.8 Å². The van der Waals surface area contributed by atoms with E-state index >= 15 is 0 Å². The molecule has 2 saturated carbocycles. The van der Waals surface area contributed by atoms with Crippen molar-refractivity contribution in [3.63, 3.8) is 0 Å². The normalized spacial score (nSPS) is 19.7. The fourth-order valence-corrected chi connectivity index (χ4v) is 3.90. The first kappa shape index (κ1) is 24.5. The van der Waals surface area contributed by atoms with Gasteiger partial charge in [-0.05, 0) is 25.7 Å². The van der Waals surface area contributed by atoms with E-state index in [1.54, 1.807) is 7.05 Å². The zero-order valence-corrected chi connectivity index (χ0v) is 19.3. The Morgan fingerprint density at radius 2 is 1.41 bits per heavy atom. The Morgan fingerprint density at radius 1 is 0.852 bits per heavy atom. The molecule has 2 fully saturated rings. The lowest BCUT2D eigenvalue weighted by Crippen LogP contribution is -2.43. The maximum absolute atomic E-state index is 12.1. The van der Waals surface area contributed by atoms with Gasteiger partial charge in [-0.1, -0.05) is 44.9 Å². The number of ether oxygens (including phenoxy) is 1. The van der Waals surface area contributed by atoms with Crippen LogP contribution < -0.4 is 16.0 Å². The second-order valence-electron chi connectivity index (χ2n) is 7.54. The highest BCUT2D eigenvalue weighted by molar-refractivity contribution is 14.0. The number of carbonyl (C=O) groups excluding carboxylic acids is 1. The second kappa shape index (κ2) is 15.4. The van der Waals surface area contributed by atoms with Gasteiger partial charge in [-0.25, -0.2) is 0 Å². The van der Waals surface area contributed by atoms with Crippen molar-refractivity contribution >= 4 is 35.8 Å². The Bertz CT molecular complexity index is 420. The molecule has 0 aliphatic heterocycles. The van der Waals surface area contributed by atoms with Gasteiger partial charge in [-0.15, -0.1) is 24.0 Å². The molecule has 0 unspecified atom stereocenters. The predicted octanol–water partition coefficient (Wildman–Crippen LogP) is 3.21. The van der Waals surface area contributed by atoms with Crippen LogP contribution in [0.3, 0.4) is 0 Å². The van der Waals surface area contributed by atoms with Crippen LogP contribution in [0, 0.1) is 5.92 Å². The number of rotatable bonds is 8. The average molecular weight is 494 g/mol. The van der Waals surface area contributed by atoms with Crippen LogP contribution in [0.25, 0.3) is 0 Å². The molecule has 2 rings (SSSR count). The standard InChI is InChI=1S/C20H38N4O2.HI/c1-21-20(24-15-16-26-18-11-7-2-3-8-12-18)23-14-13-22-19(25)17-9-5-4-6-10-17;/h17-18H,2-16H2,1H3,(H,22,25)(H2,21,23,24);1H. The van der Waals surface area contributed by atoms with E-state index in [0.29, 0.717) is 25.8 Å². The summed E-state index contributed by atoms with van der Waals surface area (Å²) in [6, 6.07) is 0. The van der Waals surface area contributed by atoms with Gasteiger partial charge in [0, 0.05) is 32.6 Å². The second-order valence-corrected chi connectivity index (χ2v) is 7.54. The van der Waals surface area contributed by atoms with Crippen molar-refractivity contribution in [3.8, 4) is 0 Å². The smallest absolute Gasteiger partial charge is 0.223 e. The number of halogens is 1. The zero-order valence-electron chi connectivity index (χ0n) is 16.9. The van der Waals surface area contributed by atoms with E-state index in [9.17, 15) is 4.79 Å². The third kappa shape index (κ3) is 10.5. The minimum atomic E-state index is 0. The van der Waals surface area contributed by atoms with Gasteiger partial charge < -0.3 is 20.7 Å². The summed E-state index contributed by atoms with van der Waals surface area (Å²) in [7, 11) is 1.77. The Labute approximate surface area is 182 Å². The Morgan fingerprint density at radius 3 is 2.07 bits per heavy atom. The molecule has 158 valence electrons. The van der Waals surface area contributed by atoms with Gasteiger partial charge in [0.1, 0.15) is 0 Å². The number of guanidine groups is 1. The summed E-state index contributed by atoms with van der Waals surface area (Å²) in [6.45, 7) is 2.78. The minimum absolute atomic E-state index is 0. The molecule has 6 nitrogen and oxygen atoms in total. The lowest BCUT2D eigenvalue weighted by Gasteiger charge is -2.21. The van der Waals surface area contributed by atoms with Crippen LogP contribution in [-0.4, -0.2) is 51.3 Å². The molecule has 7 heteroatoms. The van der Waals surface area contributed by atoms with Gasteiger partial charge in [0.2, 0.25) is 5.91 Å². The Balaban J connectivity index is 0.00000364. The van der Waals surface area contributed by atoms with Crippen molar-refractivity contribution in [3.05, 3.63) is 0 Å². The van der Waals surface area contributed by atoms with Gasteiger partial charge in [-0.2, -0.15) is 0 Å². The van der Waals surface area contributed by atoms with Crippen LogP contribution in [0.2, 0.25) is 0 Å². The maximum Gasteiger partial charge on any atom is 0.223 e. The first-order valence-electron chi connectivity index (χ1n) is 10.6. The minimum Gasteiger partial charge on any atom is -0.376 e. The molecule has 27 heavy (non-hydrogen) atoms. The van der Waals surface area contributed by atoms with Crippen molar-refractivity contribution in [1.29, 1.82) is 0 Å². The van der Waals surface area contributed by atoms with E-state index in [2.05, 4.69) is 20.9 Å². The molecule has 0 saturated heterocycles. The first-order chi connectivity index (χ1) is 12.8. The number of hydrogen-bond donors (Lipinski definition) is 3. The lowest BCUT2D eigenvalue weighted by atomic mass is 9.89. The van der Waals surface area contributed by atoms with E-state index in [4.69, 9.17) is 4.74 Å². The van der Waals surface area contributed by atoms with Gasteiger partial charge in [-0.3, -0.25) is 9.79 Å². The molecule has 0 heterocycles. The van der Waals surface area contributed by atoms with Crippen LogP contribution in [0.1, 0.15) is 70.6 Å². The van der Waals surface area contributed by atoms with Gasteiger partial charge in [0.05, 0.1) is 12.7 Å². The van der Waals surface area contributed by atoms with Crippen molar-refractivity contribution < 1.29 is 9.53 Å². The van der Waals surface area contributed by atoms with Crippen molar-refractivity contribution in [2.45, 2.75) is 76.7 Å². The number of nitrogens with one attached hydrogen (secondary N) is 3. The molecule has 0 bridgehead atoms. The van der Waals surface area contributed by atoms with Gasteiger partial charge in [0.15, 0.2) is 5.96 Å². The Hall–Kier alpha value is -0.570. The van der Waals surface area contributed by atoms with Crippen LogP contribution in [-0.2, 0) is 9.53 Å². The average Bonchev–Trinajstić information content (AvgIpc) is 2.96. The third-order valence-corrected chi connectivity index (χ3v) is 5.47. The monoisotopic (exact) mass is 494 g/mol. The number of nitrogens with zero attached hydrogens (tertiary/aromatic N) is 1. The van der Waals surface area contributed by atoms with Crippen molar-refractivity contribution in [2.24, 2.45) is 10.9 Å². The van der Waals surface area contributed by atoms with Crippen LogP contribution in [0.4, 0.5) is 0 Å². The Kier molecular flexibility index (Phi) is 13.9. The SMILES string of the molecule is CN=C(NCCNC(=O)C1CCCCC1)NCCOC1CCCCCC1.I. The van der Waals surface area contributed by atoms with Crippen molar-refractivity contribution in [2.75, 3.05) is 33.3 Å². The molecule has 0 aromatic carbocycles. The fourth-order valence-electron chi connectivity index (χ4n) is 3.90. The summed E-state index contributed by atoms with van der Waals surface area (Å²) in [5.41, 5.74) is 0. The highest BCUT2D eigenvalue weighted by atomic mass is 127. The quantitative estimate of drug-likeness (QED) is 0.159. The molecule has 2 aliphatic rings. The first-order valence-corrected chi connectivity index (χ1v) is 10.6. The molecule has 0 aromatic rings. The molecule has 3 N–H and O–H groups in total. The van der Waals surface area contributed by atoms with E-state index in [-0.39, 0.29) is 35.8 Å². The molecule has 1 amide bonds. The van der Waals surface area contributed by atoms with Crippen LogP contribution >= 0.6 is 24.0 Å². The fraction of sp³-hybridized carbons (Fsp3) is 0.900. The van der Waals surface area contributed by atoms with Crippen LogP contribution in [0.15, 0.2) is 4.99 Å². The number of amides is 1. The summed E-state index contributed by atoms with van der Waals surface area (Å²) in [5, 5.41) is 9.56. The van der Waals surface area contributed by atoms with E-state index in [1.807, 2.05) is 0 Å². The van der Waals surface area contributed by atoms with Gasteiger partial charge >= 0.3 is 0 Å². The molecular formula is C20H39IN4O2. The van der Waals surface area contributed by atoms with E-state index in [0.717, 1.165) is 25.3 Å².